The molecule has 0 saturated heterocycles. The summed E-state index contributed by atoms with van der Waals surface area (Å²) in [6.45, 7) is 7.16. The highest BCUT2D eigenvalue weighted by Crippen LogP contribution is 2.19. The Balaban J connectivity index is 2.85. The summed E-state index contributed by atoms with van der Waals surface area (Å²) in [5.41, 5.74) is 1.06. The van der Waals surface area contributed by atoms with Crippen molar-refractivity contribution in [1.82, 2.24) is 9.97 Å². The Morgan fingerprint density at radius 3 is 2.38 bits per heavy atom. The number of hydrogen-bond acceptors (Lipinski definition) is 5. The first kappa shape index (κ1) is 12.7. The van der Waals surface area contributed by atoms with Crippen LogP contribution in [0.2, 0.25) is 0 Å². The van der Waals surface area contributed by atoms with Crippen molar-refractivity contribution in [1.29, 1.82) is 0 Å². The van der Waals surface area contributed by atoms with Crippen molar-refractivity contribution in [2.45, 2.75) is 33.3 Å². The Bertz CT molecular complexity index is 328. The van der Waals surface area contributed by atoms with E-state index in [9.17, 15) is 5.11 Å². The van der Waals surface area contributed by atoms with Crippen LogP contribution in [0, 0.1) is 0 Å². The molecule has 16 heavy (non-hydrogen) atoms. The molecule has 0 aliphatic rings. The molecule has 1 aromatic rings. The molecule has 0 fully saturated rings. The average molecular weight is 224 g/mol. The lowest BCUT2D eigenvalue weighted by Gasteiger charge is -2.14. The fraction of sp³-hybridized carbons (Fsp3) is 0.636. The normalized spacial score (nSPS) is 12.2. The van der Waals surface area contributed by atoms with Crippen LogP contribution in [0.5, 0.6) is 0 Å². The van der Waals surface area contributed by atoms with Crippen molar-refractivity contribution in [2.24, 2.45) is 0 Å². The van der Waals surface area contributed by atoms with Gasteiger partial charge in [-0.3, -0.25) is 0 Å². The first-order chi connectivity index (χ1) is 7.69. The van der Waals surface area contributed by atoms with Gasteiger partial charge in [-0.05, 0) is 20.3 Å². The Morgan fingerprint density at radius 1 is 1.25 bits per heavy atom. The van der Waals surface area contributed by atoms with Gasteiger partial charge in [0.25, 0.3) is 0 Å². The van der Waals surface area contributed by atoms with Gasteiger partial charge in [0, 0.05) is 18.7 Å². The number of nitrogens with zero attached hydrogens (tertiary/aromatic N) is 2. The van der Waals surface area contributed by atoms with E-state index in [4.69, 9.17) is 0 Å². The first-order valence-electron chi connectivity index (χ1n) is 5.68. The van der Waals surface area contributed by atoms with Crippen LogP contribution in [0.4, 0.5) is 11.6 Å². The summed E-state index contributed by atoms with van der Waals surface area (Å²) in [5, 5.41) is 15.6. The van der Waals surface area contributed by atoms with Gasteiger partial charge in [0.2, 0.25) is 0 Å². The van der Waals surface area contributed by atoms with E-state index in [-0.39, 0.29) is 6.10 Å². The number of rotatable bonds is 6. The Labute approximate surface area is 96.3 Å². The predicted molar refractivity (Wildman–Crippen MR) is 65.7 cm³/mol. The second-order valence-electron chi connectivity index (χ2n) is 3.66. The lowest BCUT2D eigenvalue weighted by atomic mass is 10.2. The second kappa shape index (κ2) is 6.27. The Kier molecular flexibility index (Phi) is 4.98. The quantitative estimate of drug-likeness (QED) is 0.678. The van der Waals surface area contributed by atoms with Crippen LogP contribution < -0.4 is 10.6 Å². The Morgan fingerprint density at radius 2 is 1.88 bits per heavy atom. The van der Waals surface area contributed by atoms with Crippen LogP contribution in [0.25, 0.3) is 0 Å². The average Bonchev–Trinajstić information content (AvgIpc) is 2.27. The summed E-state index contributed by atoms with van der Waals surface area (Å²) in [6.07, 6.45) is 1.99. The van der Waals surface area contributed by atoms with E-state index >= 15 is 0 Å². The minimum absolute atomic E-state index is 0.387. The molecule has 0 amide bonds. The molecule has 0 aliphatic heterocycles. The van der Waals surface area contributed by atoms with Crippen molar-refractivity contribution >= 4 is 11.6 Å². The Hall–Kier alpha value is -1.36. The van der Waals surface area contributed by atoms with E-state index in [1.165, 1.54) is 6.33 Å². The molecular weight excluding hydrogens is 204 g/mol. The van der Waals surface area contributed by atoms with Crippen LogP contribution >= 0.6 is 0 Å². The molecule has 0 spiro atoms. The molecule has 0 bridgehead atoms. The van der Waals surface area contributed by atoms with Crippen molar-refractivity contribution in [3.8, 4) is 0 Å². The standard InChI is InChI=1S/C11H20N4O/c1-4-9-10(12-5-2)14-7-15-11(9)13-6-8(3)16/h7-8,16H,4-6H2,1-3H3,(H2,12,13,14,15). The fourth-order valence-electron chi connectivity index (χ4n) is 1.46. The molecule has 3 N–H and O–H groups in total. The van der Waals surface area contributed by atoms with Gasteiger partial charge in [0.15, 0.2) is 0 Å². The summed E-state index contributed by atoms with van der Waals surface area (Å²) >= 11 is 0. The number of aromatic nitrogens is 2. The van der Waals surface area contributed by atoms with Gasteiger partial charge in [-0.1, -0.05) is 6.92 Å². The fourth-order valence-corrected chi connectivity index (χ4v) is 1.46. The molecule has 1 aromatic heterocycles. The van der Waals surface area contributed by atoms with Gasteiger partial charge >= 0.3 is 0 Å². The van der Waals surface area contributed by atoms with Crippen LogP contribution in [-0.2, 0) is 6.42 Å². The number of aliphatic hydroxyl groups excluding tert-OH is 1. The summed E-state index contributed by atoms with van der Waals surface area (Å²) in [4.78, 5) is 8.39. The van der Waals surface area contributed by atoms with Crippen molar-refractivity contribution in [2.75, 3.05) is 23.7 Å². The van der Waals surface area contributed by atoms with Gasteiger partial charge < -0.3 is 15.7 Å². The summed E-state index contributed by atoms with van der Waals surface area (Å²) in [5.74, 6) is 1.67. The zero-order valence-corrected chi connectivity index (χ0v) is 10.1. The molecule has 0 aliphatic carbocycles. The van der Waals surface area contributed by atoms with E-state index in [1.54, 1.807) is 6.92 Å². The number of nitrogens with one attached hydrogen (secondary N) is 2. The minimum atomic E-state index is -0.387. The van der Waals surface area contributed by atoms with Crippen LogP contribution in [-0.4, -0.2) is 34.3 Å². The zero-order chi connectivity index (χ0) is 12.0. The van der Waals surface area contributed by atoms with Crippen LogP contribution in [0.3, 0.4) is 0 Å². The lowest BCUT2D eigenvalue weighted by Crippen LogP contribution is -2.18. The maximum atomic E-state index is 9.23. The summed E-state index contributed by atoms with van der Waals surface area (Å²) in [7, 11) is 0. The predicted octanol–water partition coefficient (Wildman–Crippen LogP) is 1.26. The van der Waals surface area contributed by atoms with Gasteiger partial charge in [-0.25, -0.2) is 9.97 Å². The van der Waals surface area contributed by atoms with Gasteiger partial charge in [0.1, 0.15) is 18.0 Å². The third-order valence-corrected chi connectivity index (χ3v) is 2.21. The van der Waals surface area contributed by atoms with Crippen LogP contribution in [0.15, 0.2) is 6.33 Å². The van der Waals surface area contributed by atoms with E-state index in [0.29, 0.717) is 6.54 Å². The zero-order valence-electron chi connectivity index (χ0n) is 10.1. The monoisotopic (exact) mass is 224 g/mol. The van der Waals surface area contributed by atoms with Gasteiger partial charge in [-0.15, -0.1) is 0 Å². The molecular formula is C11H20N4O. The topological polar surface area (TPSA) is 70.1 Å². The second-order valence-corrected chi connectivity index (χ2v) is 3.66. The molecule has 0 saturated carbocycles. The highest BCUT2D eigenvalue weighted by Gasteiger charge is 2.09. The van der Waals surface area contributed by atoms with Crippen molar-refractivity contribution in [3.63, 3.8) is 0 Å². The number of anilines is 2. The minimum Gasteiger partial charge on any atom is -0.392 e. The van der Waals surface area contributed by atoms with Crippen molar-refractivity contribution < 1.29 is 5.11 Å². The molecule has 0 aromatic carbocycles. The molecule has 1 heterocycles. The van der Waals surface area contributed by atoms with E-state index in [2.05, 4.69) is 27.5 Å². The molecule has 1 atom stereocenters. The van der Waals surface area contributed by atoms with Crippen LogP contribution in [0.1, 0.15) is 26.3 Å². The number of aliphatic hydroxyl groups is 1. The van der Waals surface area contributed by atoms with Crippen molar-refractivity contribution in [3.05, 3.63) is 11.9 Å². The van der Waals surface area contributed by atoms with E-state index < -0.39 is 0 Å². The van der Waals surface area contributed by atoms with E-state index in [1.807, 2.05) is 6.92 Å². The maximum absolute atomic E-state index is 9.23. The maximum Gasteiger partial charge on any atom is 0.134 e. The number of hydrogen-bond donors (Lipinski definition) is 3. The summed E-state index contributed by atoms with van der Waals surface area (Å²) in [6, 6.07) is 0. The third kappa shape index (κ3) is 3.34. The molecule has 5 nitrogen and oxygen atoms in total. The lowest BCUT2D eigenvalue weighted by molar-refractivity contribution is 0.208. The molecule has 0 radical (unpaired) electrons. The summed E-state index contributed by atoms with van der Waals surface area (Å²) < 4.78 is 0. The smallest absolute Gasteiger partial charge is 0.134 e. The van der Waals surface area contributed by atoms with Gasteiger partial charge in [0.05, 0.1) is 6.10 Å². The molecule has 1 rings (SSSR count). The SMILES string of the molecule is CCNc1ncnc(NCC(C)O)c1CC. The molecule has 90 valence electrons. The molecule has 1 unspecified atom stereocenters. The first-order valence-corrected chi connectivity index (χ1v) is 5.68. The van der Waals surface area contributed by atoms with E-state index in [0.717, 1.165) is 30.2 Å². The molecule has 5 heteroatoms. The third-order valence-electron chi connectivity index (χ3n) is 2.21. The highest BCUT2D eigenvalue weighted by molar-refractivity contribution is 5.57. The van der Waals surface area contributed by atoms with Gasteiger partial charge in [-0.2, -0.15) is 0 Å². The largest absolute Gasteiger partial charge is 0.392 e. The highest BCUT2D eigenvalue weighted by atomic mass is 16.3.